The lowest BCUT2D eigenvalue weighted by Crippen LogP contribution is -2.13. The molecule has 0 saturated heterocycles. The maximum atomic E-state index is 13.3. The molecule has 2 aromatic heterocycles. The highest BCUT2D eigenvalue weighted by Gasteiger charge is 2.16. The zero-order chi connectivity index (χ0) is 19.7. The summed E-state index contributed by atoms with van der Waals surface area (Å²) in [6.45, 7) is 0. The molecule has 28 heavy (non-hydrogen) atoms. The van der Waals surface area contributed by atoms with Crippen molar-refractivity contribution in [1.29, 1.82) is 0 Å². The number of aromatic nitrogens is 2. The van der Waals surface area contributed by atoms with E-state index in [1.165, 1.54) is 17.7 Å². The Kier molecular flexibility index (Phi) is 4.65. The lowest BCUT2D eigenvalue weighted by atomic mass is 10.3. The van der Waals surface area contributed by atoms with E-state index in [-0.39, 0.29) is 10.6 Å². The van der Waals surface area contributed by atoms with Crippen LogP contribution in [0.2, 0.25) is 0 Å². The minimum atomic E-state index is -4.04. The van der Waals surface area contributed by atoms with Gasteiger partial charge in [-0.25, -0.2) is 27.2 Å². The maximum absolute atomic E-state index is 13.3. The molecule has 0 spiro atoms. The number of hydrogen-bond acceptors (Lipinski definition) is 6. The molecule has 2 N–H and O–H groups in total. The van der Waals surface area contributed by atoms with Crippen LogP contribution in [0.3, 0.4) is 0 Å². The van der Waals surface area contributed by atoms with Crippen LogP contribution in [0.4, 0.5) is 26.0 Å². The van der Waals surface area contributed by atoms with E-state index in [1.807, 2.05) is 11.4 Å². The van der Waals surface area contributed by atoms with Gasteiger partial charge in [0.25, 0.3) is 10.0 Å². The first-order valence-electron chi connectivity index (χ1n) is 7.95. The van der Waals surface area contributed by atoms with Crippen molar-refractivity contribution in [2.24, 2.45) is 0 Å². The molecular weight excluding hydrogens is 406 g/mol. The first-order chi connectivity index (χ1) is 13.4. The molecule has 4 rings (SSSR count). The molecule has 0 bridgehead atoms. The Bertz CT molecular complexity index is 1260. The Balaban J connectivity index is 1.53. The predicted molar refractivity (Wildman–Crippen MR) is 104 cm³/mol. The van der Waals surface area contributed by atoms with Gasteiger partial charge < -0.3 is 5.32 Å². The molecule has 0 atom stereocenters. The molecule has 0 amide bonds. The third-order valence-corrected chi connectivity index (χ3v) is 6.06. The molecule has 0 unspecified atom stereocenters. The lowest BCUT2D eigenvalue weighted by molar-refractivity contribution is 0.504. The SMILES string of the molecule is O=S(=O)(Nc1ccc(Nc2ncnc3sccc23)cc1)c1ccc(F)c(F)c1. The monoisotopic (exact) mass is 418 g/mol. The standard InChI is InChI=1S/C18H12F2N4O2S2/c19-15-6-5-13(9-16(15)20)28(25,26)24-12-3-1-11(2-4-12)23-17-14-7-8-27-18(14)22-10-21-17/h1-10,24H,(H,21,22,23). The Labute approximate surface area is 162 Å². The fourth-order valence-electron chi connectivity index (χ4n) is 2.51. The summed E-state index contributed by atoms with van der Waals surface area (Å²) in [4.78, 5) is 8.89. The van der Waals surface area contributed by atoms with Crippen LogP contribution in [0.15, 0.2) is 65.1 Å². The molecule has 0 aliphatic rings. The molecule has 0 aliphatic carbocycles. The van der Waals surface area contributed by atoms with Crippen LogP contribution >= 0.6 is 11.3 Å². The number of fused-ring (bicyclic) bond motifs is 1. The van der Waals surface area contributed by atoms with Crippen molar-refractivity contribution in [3.63, 3.8) is 0 Å². The number of sulfonamides is 1. The van der Waals surface area contributed by atoms with Gasteiger partial charge in [0.15, 0.2) is 11.6 Å². The molecule has 142 valence electrons. The summed E-state index contributed by atoms with van der Waals surface area (Å²) in [5, 5.41) is 5.96. The van der Waals surface area contributed by atoms with E-state index >= 15 is 0 Å². The summed E-state index contributed by atoms with van der Waals surface area (Å²) >= 11 is 1.50. The maximum Gasteiger partial charge on any atom is 0.261 e. The Morgan fingerprint density at radius 1 is 0.893 bits per heavy atom. The average Bonchev–Trinajstić information content (AvgIpc) is 3.15. The van der Waals surface area contributed by atoms with E-state index < -0.39 is 21.7 Å². The number of hydrogen-bond donors (Lipinski definition) is 2. The minimum absolute atomic E-state index is 0.277. The van der Waals surface area contributed by atoms with Crippen molar-refractivity contribution >= 4 is 48.8 Å². The molecule has 0 aliphatic heterocycles. The Morgan fingerprint density at radius 2 is 1.64 bits per heavy atom. The largest absolute Gasteiger partial charge is 0.340 e. The third-order valence-electron chi connectivity index (χ3n) is 3.86. The molecule has 0 saturated carbocycles. The Morgan fingerprint density at radius 3 is 2.39 bits per heavy atom. The summed E-state index contributed by atoms with van der Waals surface area (Å²) in [5.74, 6) is -1.70. The highest BCUT2D eigenvalue weighted by molar-refractivity contribution is 7.92. The van der Waals surface area contributed by atoms with Crippen LogP contribution in [0, 0.1) is 11.6 Å². The first-order valence-corrected chi connectivity index (χ1v) is 10.3. The van der Waals surface area contributed by atoms with Gasteiger partial charge in [0.1, 0.15) is 17.0 Å². The second kappa shape index (κ2) is 7.13. The highest BCUT2D eigenvalue weighted by atomic mass is 32.2. The van der Waals surface area contributed by atoms with E-state index in [2.05, 4.69) is 20.0 Å². The average molecular weight is 418 g/mol. The fourth-order valence-corrected chi connectivity index (χ4v) is 4.31. The number of benzene rings is 2. The van der Waals surface area contributed by atoms with Gasteiger partial charge in [-0.15, -0.1) is 11.3 Å². The summed E-state index contributed by atoms with van der Waals surface area (Å²) < 4.78 is 53.3. The number of rotatable bonds is 5. The number of halogens is 2. The van der Waals surface area contributed by atoms with Crippen LogP contribution < -0.4 is 10.0 Å². The molecule has 0 radical (unpaired) electrons. The van der Waals surface area contributed by atoms with Crippen molar-refractivity contribution in [3.8, 4) is 0 Å². The van der Waals surface area contributed by atoms with Crippen molar-refractivity contribution < 1.29 is 17.2 Å². The van der Waals surface area contributed by atoms with E-state index in [9.17, 15) is 17.2 Å². The normalized spacial score (nSPS) is 11.5. The van der Waals surface area contributed by atoms with Crippen LogP contribution in [0.5, 0.6) is 0 Å². The number of thiophene rings is 1. The topological polar surface area (TPSA) is 84.0 Å². The zero-order valence-corrected chi connectivity index (χ0v) is 15.7. The van der Waals surface area contributed by atoms with Gasteiger partial charge in [-0.2, -0.15) is 0 Å². The van der Waals surface area contributed by atoms with Crippen molar-refractivity contribution in [1.82, 2.24) is 9.97 Å². The molecule has 2 heterocycles. The summed E-state index contributed by atoms with van der Waals surface area (Å²) in [7, 11) is -4.04. The van der Waals surface area contributed by atoms with Crippen molar-refractivity contribution in [3.05, 3.63) is 71.9 Å². The fraction of sp³-hybridized carbons (Fsp3) is 0. The minimum Gasteiger partial charge on any atom is -0.340 e. The van der Waals surface area contributed by atoms with Gasteiger partial charge in [-0.1, -0.05) is 0 Å². The van der Waals surface area contributed by atoms with Crippen LogP contribution in [0.25, 0.3) is 10.2 Å². The van der Waals surface area contributed by atoms with Gasteiger partial charge >= 0.3 is 0 Å². The zero-order valence-electron chi connectivity index (χ0n) is 14.1. The van der Waals surface area contributed by atoms with E-state index in [0.717, 1.165) is 22.3 Å². The van der Waals surface area contributed by atoms with E-state index in [4.69, 9.17) is 0 Å². The van der Waals surface area contributed by atoms with Gasteiger partial charge in [0.2, 0.25) is 0 Å². The second-order valence-electron chi connectivity index (χ2n) is 5.75. The molecule has 0 fully saturated rings. The van der Waals surface area contributed by atoms with Crippen LogP contribution in [-0.2, 0) is 10.0 Å². The van der Waals surface area contributed by atoms with Crippen molar-refractivity contribution in [2.75, 3.05) is 10.0 Å². The van der Waals surface area contributed by atoms with Crippen molar-refractivity contribution in [2.45, 2.75) is 4.90 Å². The van der Waals surface area contributed by atoms with Gasteiger partial charge in [0, 0.05) is 11.4 Å². The van der Waals surface area contributed by atoms with Crippen LogP contribution in [-0.4, -0.2) is 18.4 Å². The van der Waals surface area contributed by atoms with E-state index in [0.29, 0.717) is 17.6 Å². The van der Waals surface area contributed by atoms with Crippen LogP contribution in [0.1, 0.15) is 0 Å². The quantitative estimate of drug-likeness (QED) is 0.498. The Hall–Kier alpha value is -3.11. The molecule has 4 aromatic rings. The highest BCUT2D eigenvalue weighted by Crippen LogP contribution is 2.27. The summed E-state index contributed by atoms with van der Waals surface area (Å²) in [5.41, 5.74) is 0.973. The lowest BCUT2D eigenvalue weighted by Gasteiger charge is -2.10. The van der Waals surface area contributed by atoms with E-state index in [1.54, 1.807) is 24.3 Å². The number of nitrogens with zero attached hydrogens (tertiary/aromatic N) is 2. The molecule has 2 aromatic carbocycles. The smallest absolute Gasteiger partial charge is 0.261 e. The van der Waals surface area contributed by atoms with Gasteiger partial charge in [-0.3, -0.25) is 4.72 Å². The molecule has 6 nitrogen and oxygen atoms in total. The van der Waals surface area contributed by atoms with Gasteiger partial charge in [-0.05, 0) is 53.9 Å². The summed E-state index contributed by atoms with van der Waals surface area (Å²) in [6, 6.07) is 10.7. The molecular formula is C18H12F2N4O2S2. The predicted octanol–water partition coefficient (Wildman–Crippen LogP) is 4.51. The molecule has 10 heteroatoms. The summed E-state index contributed by atoms with van der Waals surface area (Å²) in [6.07, 6.45) is 1.46. The number of anilines is 3. The van der Waals surface area contributed by atoms with Gasteiger partial charge in [0.05, 0.1) is 10.3 Å². The number of nitrogens with one attached hydrogen (secondary N) is 2. The second-order valence-corrected chi connectivity index (χ2v) is 8.32. The first kappa shape index (κ1) is 18.3. The third kappa shape index (κ3) is 3.64.